The van der Waals surface area contributed by atoms with Crippen LogP contribution in [0.2, 0.25) is 0 Å². The summed E-state index contributed by atoms with van der Waals surface area (Å²) in [5.41, 5.74) is 2.02. The molecule has 4 rings (SSSR count). The number of benzene rings is 2. The highest BCUT2D eigenvalue weighted by molar-refractivity contribution is 5.93. The molecule has 0 radical (unpaired) electrons. The van der Waals surface area contributed by atoms with E-state index in [0.29, 0.717) is 28.2 Å². The number of hydrogen-bond donors (Lipinski definition) is 2. The summed E-state index contributed by atoms with van der Waals surface area (Å²) < 4.78 is 24.4. The number of aryl methyl sites for hydroxylation is 1. The van der Waals surface area contributed by atoms with Crippen LogP contribution in [0, 0.1) is 12.7 Å². The number of fused-ring (bicyclic) bond motifs is 1. The van der Waals surface area contributed by atoms with Gasteiger partial charge in [-0.15, -0.1) is 0 Å². The zero-order valence-electron chi connectivity index (χ0n) is 14.2. The number of hydrogen-bond acceptors (Lipinski definition) is 5. The second-order valence-corrected chi connectivity index (χ2v) is 5.95. The summed E-state index contributed by atoms with van der Waals surface area (Å²) in [5, 5.41) is 2.71. The van der Waals surface area contributed by atoms with Crippen LogP contribution in [0.25, 0.3) is 22.6 Å². The second-order valence-electron chi connectivity index (χ2n) is 5.95. The molecule has 0 aliphatic heterocycles. The molecule has 0 unspecified atom stereocenters. The molecule has 8 heteroatoms. The third-order valence-electron chi connectivity index (χ3n) is 4.03. The van der Waals surface area contributed by atoms with Crippen molar-refractivity contribution >= 4 is 22.7 Å². The molecule has 0 fully saturated rings. The van der Waals surface area contributed by atoms with Crippen LogP contribution in [0.5, 0.6) is 0 Å². The summed E-state index contributed by atoms with van der Waals surface area (Å²) in [6.07, 6.45) is -0.0427. The minimum absolute atomic E-state index is 0.0427. The van der Waals surface area contributed by atoms with E-state index in [1.807, 2.05) is 0 Å². The Balaban J connectivity index is 1.52. The van der Waals surface area contributed by atoms with Crippen molar-refractivity contribution in [3.05, 3.63) is 70.3 Å². The minimum Gasteiger partial charge on any atom is -0.441 e. The van der Waals surface area contributed by atoms with Crippen molar-refractivity contribution in [2.24, 2.45) is 0 Å². The van der Waals surface area contributed by atoms with E-state index in [1.54, 1.807) is 43.3 Å². The van der Waals surface area contributed by atoms with E-state index in [-0.39, 0.29) is 23.8 Å². The van der Waals surface area contributed by atoms with Gasteiger partial charge in [-0.25, -0.2) is 14.2 Å². The predicted octanol–water partition coefficient (Wildman–Crippen LogP) is 3.40. The van der Waals surface area contributed by atoms with Crippen molar-refractivity contribution in [3.8, 4) is 11.5 Å². The number of rotatable bonds is 4. The average Bonchev–Trinajstić information content (AvgIpc) is 3.16. The van der Waals surface area contributed by atoms with Gasteiger partial charge in [0.2, 0.25) is 11.8 Å². The molecular weight excluding hydrogens is 353 g/mol. The van der Waals surface area contributed by atoms with Gasteiger partial charge in [-0.2, -0.15) is 0 Å². The van der Waals surface area contributed by atoms with Crippen LogP contribution >= 0.6 is 0 Å². The molecule has 2 heterocycles. The number of nitrogens with zero attached hydrogens (tertiary/aromatic N) is 1. The van der Waals surface area contributed by atoms with Gasteiger partial charge in [0.05, 0.1) is 23.2 Å². The Morgan fingerprint density at radius 2 is 2.04 bits per heavy atom. The fourth-order valence-electron chi connectivity index (χ4n) is 2.72. The van der Waals surface area contributed by atoms with Crippen LogP contribution in [-0.2, 0) is 11.2 Å². The topological polar surface area (TPSA) is 101 Å². The molecule has 7 nitrogen and oxygen atoms in total. The Hall–Kier alpha value is -3.68. The minimum atomic E-state index is -0.563. The number of oxazole rings is 2. The van der Waals surface area contributed by atoms with Crippen LogP contribution in [0.4, 0.5) is 10.1 Å². The van der Waals surface area contributed by atoms with E-state index in [2.05, 4.69) is 15.3 Å². The van der Waals surface area contributed by atoms with Gasteiger partial charge in [-0.1, -0.05) is 12.1 Å². The lowest BCUT2D eigenvalue weighted by molar-refractivity contribution is -0.115. The first-order valence-electron chi connectivity index (χ1n) is 8.13. The van der Waals surface area contributed by atoms with Crippen molar-refractivity contribution < 1.29 is 18.0 Å². The first-order valence-corrected chi connectivity index (χ1v) is 8.13. The van der Waals surface area contributed by atoms with E-state index in [0.717, 1.165) is 0 Å². The van der Waals surface area contributed by atoms with Crippen molar-refractivity contribution in [3.63, 3.8) is 0 Å². The number of halogens is 1. The van der Waals surface area contributed by atoms with E-state index < -0.39 is 11.6 Å². The number of anilines is 1. The summed E-state index contributed by atoms with van der Waals surface area (Å²) in [6, 6.07) is 11.0. The zero-order valence-corrected chi connectivity index (χ0v) is 14.2. The summed E-state index contributed by atoms with van der Waals surface area (Å²) in [6.45, 7) is 1.67. The lowest BCUT2D eigenvalue weighted by atomic mass is 10.2. The van der Waals surface area contributed by atoms with Crippen LogP contribution in [-0.4, -0.2) is 15.9 Å². The Morgan fingerprint density at radius 3 is 2.85 bits per heavy atom. The highest BCUT2D eigenvalue weighted by Gasteiger charge is 2.17. The fraction of sp³-hybridized carbons (Fsp3) is 0.105. The SMILES string of the molecule is Cc1oc(-c2ccccc2F)nc1CC(=O)Nc1ccc2[nH]c(=O)oc2c1. The Labute approximate surface area is 151 Å². The third-order valence-corrected chi connectivity index (χ3v) is 4.03. The second kappa shape index (κ2) is 6.56. The first-order chi connectivity index (χ1) is 13.0. The summed E-state index contributed by atoms with van der Waals surface area (Å²) in [7, 11) is 0. The first kappa shape index (κ1) is 16.8. The molecule has 0 bridgehead atoms. The number of carbonyl (C=O) groups excluding carboxylic acids is 1. The van der Waals surface area contributed by atoms with E-state index in [1.165, 1.54) is 6.07 Å². The van der Waals surface area contributed by atoms with Gasteiger partial charge in [-0.05, 0) is 31.2 Å². The number of carbonyl (C=O) groups is 1. The Bertz CT molecular complexity index is 1210. The quantitative estimate of drug-likeness (QED) is 0.576. The lowest BCUT2D eigenvalue weighted by Gasteiger charge is -2.03. The molecule has 2 aromatic heterocycles. The lowest BCUT2D eigenvalue weighted by Crippen LogP contribution is -2.15. The zero-order chi connectivity index (χ0) is 19.0. The number of aromatic amines is 1. The molecule has 4 aromatic rings. The van der Waals surface area contributed by atoms with Crippen LogP contribution in [0.3, 0.4) is 0 Å². The van der Waals surface area contributed by atoms with Gasteiger partial charge in [-0.3, -0.25) is 9.78 Å². The third kappa shape index (κ3) is 3.37. The molecule has 136 valence electrons. The number of nitrogens with one attached hydrogen (secondary N) is 2. The fourth-order valence-corrected chi connectivity index (χ4v) is 2.72. The van der Waals surface area contributed by atoms with Crippen molar-refractivity contribution in [2.45, 2.75) is 13.3 Å². The molecule has 27 heavy (non-hydrogen) atoms. The standard InChI is InChI=1S/C19H14FN3O4/c1-10-15(22-18(26-10)12-4-2-3-5-13(12)20)9-17(24)21-11-6-7-14-16(8-11)27-19(25)23-14/h2-8H,9H2,1H3,(H,21,24)(H,23,25). The van der Waals surface area contributed by atoms with E-state index in [4.69, 9.17) is 8.83 Å². The van der Waals surface area contributed by atoms with Gasteiger partial charge in [0.25, 0.3) is 0 Å². The predicted molar refractivity (Wildman–Crippen MR) is 95.8 cm³/mol. The number of amides is 1. The molecular formula is C19H14FN3O4. The maximum Gasteiger partial charge on any atom is 0.417 e. The van der Waals surface area contributed by atoms with Gasteiger partial charge in [0.1, 0.15) is 11.6 Å². The molecule has 0 saturated carbocycles. The van der Waals surface area contributed by atoms with Crippen LogP contribution < -0.4 is 11.1 Å². The van der Waals surface area contributed by atoms with Gasteiger partial charge in [0.15, 0.2) is 5.58 Å². The van der Waals surface area contributed by atoms with E-state index >= 15 is 0 Å². The van der Waals surface area contributed by atoms with Gasteiger partial charge < -0.3 is 14.2 Å². The molecule has 2 aromatic carbocycles. The summed E-state index contributed by atoms with van der Waals surface area (Å²) in [4.78, 5) is 30.3. The normalized spacial score (nSPS) is 11.0. The monoisotopic (exact) mass is 367 g/mol. The Kier molecular flexibility index (Phi) is 4.08. The molecule has 0 atom stereocenters. The largest absolute Gasteiger partial charge is 0.441 e. The molecule has 1 amide bonds. The maximum atomic E-state index is 13.9. The van der Waals surface area contributed by atoms with Crippen molar-refractivity contribution in [2.75, 3.05) is 5.32 Å². The number of H-pyrrole nitrogens is 1. The summed E-state index contributed by atoms with van der Waals surface area (Å²) >= 11 is 0. The van der Waals surface area contributed by atoms with Crippen LogP contribution in [0.15, 0.2) is 56.1 Å². The molecule has 0 spiro atoms. The molecule has 2 N–H and O–H groups in total. The number of aromatic nitrogens is 2. The van der Waals surface area contributed by atoms with Crippen LogP contribution in [0.1, 0.15) is 11.5 Å². The maximum absolute atomic E-state index is 13.9. The molecule has 0 aliphatic rings. The highest BCUT2D eigenvalue weighted by atomic mass is 19.1. The average molecular weight is 367 g/mol. The summed E-state index contributed by atoms with van der Waals surface area (Å²) in [5.74, 6) is -0.772. The van der Waals surface area contributed by atoms with Crippen molar-refractivity contribution in [1.29, 1.82) is 0 Å². The smallest absolute Gasteiger partial charge is 0.417 e. The van der Waals surface area contributed by atoms with E-state index in [9.17, 15) is 14.0 Å². The Morgan fingerprint density at radius 1 is 1.22 bits per heavy atom. The van der Waals surface area contributed by atoms with Crippen molar-refractivity contribution in [1.82, 2.24) is 9.97 Å². The van der Waals surface area contributed by atoms with Gasteiger partial charge >= 0.3 is 5.76 Å². The van der Waals surface area contributed by atoms with Gasteiger partial charge in [0, 0.05) is 11.8 Å². The molecule has 0 saturated heterocycles. The molecule has 0 aliphatic carbocycles. The highest BCUT2D eigenvalue weighted by Crippen LogP contribution is 2.24.